The molecule has 2 bridgehead atoms. The van der Waals surface area contributed by atoms with Crippen LogP contribution >= 0.6 is 0 Å². The summed E-state index contributed by atoms with van der Waals surface area (Å²) in [6.07, 6.45) is 6.22. The zero-order valence-corrected chi connectivity index (χ0v) is 14.5. The smallest absolute Gasteiger partial charge is 0.256 e. The number of carbonyl (C=O) groups is 1. The molecule has 6 nitrogen and oxygen atoms in total. The minimum atomic E-state index is -0.316. The van der Waals surface area contributed by atoms with Gasteiger partial charge in [-0.25, -0.2) is 4.39 Å². The summed E-state index contributed by atoms with van der Waals surface area (Å²) in [5.41, 5.74) is 1.24. The lowest BCUT2D eigenvalue weighted by Crippen LogP contribution is -2.40. The van der Waals surface area contributed by atoms with Crippen LogP contribution in [-0.4, -0.2) is 32.0 Å². The second-order valence-corrected chi connectivity index (χ2v) is 7.09. The minimum absolute atomic E-state index is 0.0539. The Morgan fingerprint density at radius 3 is 2.81 bits per heavy atom. The van der Waals surface area contributed by atoms with Crippen LogP contribution in [0.4, 0.5) is 4.39 Å². The third kappa shape index (κ3) is 2.70. The normalized spacial score (nSPS) is 23.7. The molecule has 1 aliphatic carbocycles. The van der Waals surface area contributed by atoms with Crippen molar-refractivity contribution in [1.29, 1.82) is 0 Å². The summed E-state index contributed by atoms with van der Waals surface area (Å²) in [5.74, 6) is 0.795. The summed E-state index contributed by atoms with van der Waals surface area (Å²) in [5, 5.41) is 4.05. The van der Waals surface area contributed by atoms with Crippen molar-refractivity contribution in [2.75, 3.05) is 0 Å². The Hall–Kier alpha value is -3.09. The monoisotopic (exact) mass is 364 g/mol. The number of halogens is 1. The molecule has 0 radical (unpaired) electrons. The highest BCUT2D eigenvalue weighted by Gasteiger charge is 2.51. The van der Waals surface area contributed by atoms with Gasteiger partial charge in [-0.15, -0.1) is 0 Å². The van der Waals surface area contributed by atoms with Gasteiger partial charge in [-0.05, 0) is 61.6 Å². The Balaban J connectivity index is 1.48. The van der Waals surface area contributed by atoms with Crippen LogP contribution in [0.2, 0.25) is 0 Å². The van der Waals surface area contributed by atoms with Crippen molar-refractivity contribution in [3.05, 3.63) is 66.1 Å². The molecule has 7 heteroatoms. The number of benzene rings is 1. The van der Waals surface area contributed by atoms with E-state index in [4.69, 9.17) is 4.52 Å². The molecule has 3 atom stereocenters. The van der Waals surface area contributed by atoms with Gasteiger partial charge >= 0.3 is 0 Å². The van der Waals surface area contributed by atoms with Gasteiger partial charge in [-0.1, -0.05) is 5.16 Å². The summed E-state index contributed by atoms with van der Waals surface area (Å²) < 4.78 is 18.7. The predicted octanol–water partition coefficient (Wildman–Crippen LogP) is 3.64. The Morgan fingerprint density at radius 2 is 2.04 bits per heavy atom. The highest BCUT2D eigenvalue weighted by molar-refractivity contribution is 5.94. The van der Waals surface area contributed by atoms with Crippen molar-refractivity contribution in [1.82, 2.24) is 20.0 Å². The minimum Gasteiger partial charge on any atom is -0.337 e. The second kappa shape index (κ2) is 6.26. The molecule has 0 unspecified atom stereocenters. The molecule has 1 saturated heterocycles. The molecule has 1 saturated carbocycles. The van der Waals surface area contributed by atoms with Crippen molar-refractivity contribution < 1.29 is 13.7 Å². The summed E-state index contributed by atoms with van der Waals surface area (Å²) >= 11 is 0. The zero-order chi connectivity index (χ0) is 18.4. The fourth-order valence-electron chi connectivity index (χ4n) is 4.31. The summed E-state index contributed by atoms with van der Waals surface area (Å²) in [7, 11) is 0. The van der Waals surface area contributed by atoms with Gasteiger partial charge in [0.1, 0.15) is 11.9 Å². The van der Waals surface area contributed by atoms with Gasteiger partial charge in [0, 0.05) is 24.0 Å². The average molecular weight is 364 g/mol. The van der Waals surface area contributed by atoms with Crippen molar-refractivity contribution in [2.24, 2.45) is 5.92 Å². The number of pyridine rings is 1. The van der Waals surface area contributed by atoms with Crippen LogP contribution in [0.3, 0.4) is 0 Å². The number of carbonyl (C=O) groups excluding carboxylic acids is 1. The number of likely N-dealkylation sites (tertiary alicyclic amines) is 1. The molecule has 0 N–H and O–H groups in total. The highest BCUT2D eigenvalue weighted by Crippen LogP contribution is 2.50. The van der Waals surface area contributed by atoms with Crippen LogP contribution in [0.1, 0.15) is 41.6 Å². The molecule has 2 aliphatic rings. The topological polar surface area (TPSA) is 72.1 Å². The van der Waals surface area contributed by atoms with Crippen LogP contribution in [0, 0.1) is 11.7 Å². The predicted molar refractivity (Wildman–Crippen MR) is 94.0 cm³/mol. The van der Waals surface area contributed by atoms with Gasteiger partial charge < -0.3 is 9.42 Å². The Kier molecular flexibility index (Phi) is 3.74. The van der Waals surface area contributed by atoms with Crippen LogP contribution in [-0.2, 0) is 0 Å². The van der Waals surface area contributed by atoms with Crippen LogP contribution in [0.5, 0.6) is 0 Å². The second-order valence-electron chi connectivity index (χ2n) is 7.09. The summed E-state index contributed by atoms with van der Waals surface area (Å²) in [4.78, 5) is 23.6. The Labute approximate surface area is 155 Å². The van der Waals surface area contributed by atoms with Gasteiger partial charge in [0.05, 0.1) is 5.56 Å². The van der Waals surface area contributed by atoms with Crippen molar-refractivity contribution in [3.8, 4) is 11.4 Å². The third-order valence-electron chi connectivity index (χ3n) is 5.53. The molecule has 1 aliphatic heterocycles. The summed E-state index contributed by atoms with van der Waals surface area (Å²) in [6, 6.07) is 9.45. The van der Waals surface area contributed by atoms with Crippen molar-refractivity contribution >= 4 is 5.91 Å². The quantitative estimate of drug-likeness (QED) is 0.709. The molecule has 3 aromatic rings. The van der Waals surface area contributed by atoms with Crippen LogP contribution in [0.25, 0.3) is 11.4 Å². The molecule has 0 spiro atoms. The van der Waals surface area contributed by atoms with E-state index >= 15 is 0 Å². The Morgan fingerprint density at radius 1 is 1.19 bits per heavy atom. The standard InChI is InChI=1S/C20H17FN4O2/c21-15-6-3-12(4-7-15)18-23-19(27-24-18)17-13-5-8-16(10-13)25(17)20(26)14-2-1-9-22-11-14/h1-4,6-7,9,11,13,16-17H,5,8,10H2/t13-,16-,17+/m1/s1. The van der Waals surface area contributed by atoms with Crippen LogP contribution < -0.4 is 0 Å². The van der Waals surface area contributed by atoms with Gasteiger partial charge in [0.15, 0.2) is 0 Å². The van der Waals surface area contributed by atoms with Gasteiger partial charge in [0.25, 0.3) is 5.91 Å². The first-order chi connectivity index (χ1) is 13.2. The van der Waals surface area contributed by atoms with Crippen molar-refractivity contribution in [3.63, 3.8) is 0 Å². The lowest BCUT2D eigenvalue weighted by atomic mass is 9.98. The molecule has 1 aromatic carbocycles. The molecular weight excluding hydrogens is 347 g/mol. The lowest BCUT2D eigenvalue weighted by Gasteiger charge is -2.33. The number of amides is 1. The number of fused-ring (bicyclic) bond motifs is 2. The van der Waals surface area contributed by atoms with Gasteiger partial charge in [-0.2, -0.15) is 4.98 Å². The number of hydrogen-bond acceptors (Lipinski definition) is 5. The van der Waals surface area contributed by atoms with E-state index < -0.39 is 0 Å². The number of aromatic nitrogens is 3. The first-order valence-corrected chi connectivity index (χ1v) is 9.03. The molecule has 5 rings (SSSR count). The average Bonchev–Trinajstić information content (AvgIpc) is 3.44. The fraction of sp³-hybridized carbons (Fsp3) is 0.300. The van der Waals surface area contributed by atoms with E-state index in [0.717, 1.165) is 19.3 Å². The van der Waals surface area contributed by atoms with E-state index in [9.17, 15) is 9.18 Å². The number of hydrogen-bond donors (Lipinski definition) is 0. The molecule has 3 heterocycles. The molecule has 1 amide bonds. The van der Waals surface area contributed by atoms with E-state index in [1.54, 1.807) is 36.7 Å². The zero-order valence-electron chi connectivity index (χ0n) is 14.5. The first kappa shape index (κ1) is 16.1. The highest BCUT2D eigenvalue weighted by atomic mass is 19.1. The molecular formula is C20H17FN4O2. The lowest BCUT2D eigenvalue weighted by molar-refractivity contribution is 0.0538. The molecule has 2 aromatic heterocycles. The SMILES string of the molecule is O=C(c1cccnc1)N1[C@@H]2CC[C@H](C2)[C@H]1c1nc(-c2ccc(F)cc2)no1. The summed E-state index contributed by atoms with van der Waals surface area (Å²) in [6.45, 7) is 0. The maximum absolute atomic E-state index is 13.1. The van der Waals surface area contributed by atoms with E-state index in [-0.39, 0.29) is 23.8 Å². The molecule has 27 heavy (non-hydrogen) atoms. The largest absolute Gasteiger partial charge is 0.337 e. The molecule has 2 fully saturated rings. The van der Waals surface area contributed by atoms with Gasteiger partial charge in [0.2, 0.25) is 11.7 Å². The number of rotatable bonds is 3. The van der Waals surface area contributed by atoms with E-state index in [1.807, 2.05) is 4.90 Å². The van der Waals surface area contributed by atoms with Gasteiger partial charge in [-0.3, -0.25) is 9.78 Å². The maximum Gasteiger partial charge on any atom is 0.256 e. The van der Waals surface area contributed by atoms with E-state index in [0.29, 0.717) is 28.8 Å². The fourth-order valence-corrected chi connectivity index (χ4v) is 4.31. The van der Waals surface area contributed by atoms with Crippen molar-refractivity contribution in [2.45, 2.75) is 31.3 Å². The van der Waals surface area contributed by atoms with E-state index in [2.05, 4.69) is 15.1 Å². The van der Waals surface area contributed by atoms with Crippen LogP contribution in [0.15, 0.2) is 53.3 Å². The maximum atomic E-state index is 13.1. The number of piperidine rings is 1. The first-order valence-electron chi connectivity index (χ1n) is 9.03. The third-order valence-corrected chi connectivity index (χ3v) is 5.53. The number of nitrogens with zero attached hydrogens (tertiary/aromatic N) is 4. The Bertz CT molecular complexity index is 973. The molecule has 136 valence electrons. The van der Waals surface area contributed by atoms with E-state index in [1.165, 1.54) is 12.1 Å².